The molecule has 1 aliphatic rings. The Morgan fingerprint density at radius 2 is 1.97 bits per heavy atom. The first-order valence-corrected chi connectivity index (χ1v) is 11.9. The fourth-order valence-electron chi connectivity index (χ4n) is 3.44. The van der Waals surface area contributed by atoms with E-state index in [9.17, 15) is 18.0 Å². The number of aromatic nitrogens is 2. The first-order valence-electron chi connectivity index (χ1n) is 9.91. The van der Waals surface area contributed by atoms with Gasteiger partial charge >= 0.3 is 11.8 Å². The zero-order valence-electron chi connectivity index (χ0n) is 18.0. The average molecular weight is 508 g/mol. The molecule has 0 aliphatic carbocycles. The SMILES string of the molecule is CN(C)C(=O)c1nc(-c2cc3c(cc2F)S(=O)(=O)C[C@H](N)C(=O)N3Cc2ccc(Cl)cc2)no1. The molecule has 0 saturated carbocycles. The monoisotopic (exact) mass is 507 g/mol. The Balaban J connectivity index is 1.87. The Labute approximate surface area is 199 Å². The molecule has 0 saturated heterocycles. The average Bonchev–Trinajstić information content (AvgIpc) is 3.25. The van der Waals surface area contributed by atoms with Gasteiger partial charge in [0.1, 0.15) is 5.82 Å². The van der Waals surface area contributed by atoms with Crippen LogP contribution in [0.4, 0.5) is 10.1 Å². The molecule has 0 fully saturated rings. The third kappa shape index (κ3) is 4.39. The number of carbonyl (C=O) groups excluding carboxylic acids is 2. The zero-order chi connectivity index (χ0) is 24.8. The lowest BCUT2D eigenvalue weighted by molar-refractivity contribution is -0.119. The number of hydrogen-bond acceptors (Lipinski definition) is 8. The highest BCUT2D eigenvalue weighted by molar-refractivity contribution is 7.91. The number of amides is 2. The number of nitrogens with two attached hydrogens (primary N) is 1. The van der Waals surface area contributed by atoms with Crippen LogP contribution in [0.3, 0.4) is 0 Å². The number of rotatable bonds is 4. The van der Waals surface area contributed by atoms with Gasteiger partial charge in [0.05, 0.1) is 34.5 Å². The predicted octanol–water partition coefficient (Wildman–Crippen LogP) is 1.88. The van der Waals surface area contributed by atoms with Gasteiger partial charge in [-0.15, -0.1) is 0 Å². The molecule has 2 N–H and O–H groups in total. The summed E-state index contributed by atoms with van der Waals surface area (Å²) in [7, 11) is -1.16. The highest BCUT2D eigenvalue weighted by Crippen LogP contribution is 2.36. The van der Waals surface area contributed by atoms with Gasteiger partial charge in [0.15, 0.2) is 9.84 Å². The predicted molar refractivity (Wildman–Crippen MR) is 120 cm³/mol. The molecular formula is C21H19ClFN5O5S. The minimum absolute atomic E-state index is 0.0477. The lowest BCUT2D eigenvalue weighted by Gasteiger charge is -2.24. The second kappa shape index (κ2) is 8.78. The molecule has 1 atom stereocenters. The highest BCUT2D eigenvalue weighted by atomic mass is 35.5. The van der Waals surface area contributed by atoms with E-state index in [1.54, 1.807) is 24.3 Å². The van der Waals surface area contributed by atoms with Gasteiger partial charge in [-0.25, -0.2) is 12.8 Å². The molecule has 0 unspecified atom stereocenters. The van der Waals surface area contributed by atoms with E-state index in [2.05, 4.69) is 10.1 Å². The van der Waals surface area contributed by atoms with E-state index in [1.165, 1.54) is 23.9 Å². The van der Waals surface area contributed by atoms with Crippen molar-refractivity contribution in [1.82, 2.24) is 15.0 Å². The molecule has 1 aromatic heterocycles. The van der Waals surface area contributed by atoms with E-state index < -0.39 is 44.2 Å². The van der Waals surface area contributed by atoms with E-state index in [4.69, 9.17) is 21.9 Å². The zero-order valence-corrected chi connectivity index (χ0v) is 19.6. The number of carbonyl (C=O) groups is 2. The van der Waals surface area contributed by atoms with E-state index in [0.717, 1.165) is 12.1 Å². The van der Waals surface area contributed by atoms with Gasteiger partial charge in [0.25, 0.3) is 0 Å². The molecule has 34 heavy (non-hydrogen) atoms. The van der Waals surface area contributed by atoms with Crippen LogP contribution in [0.25, 0.3) is 11.4 Å². The van der Waals surface area contributed by atoms with Crippen LogP contribution >= 0.6 is 11.6 Å². The maximum absolute atomic E-state index is 15.1. The molecule has 178 valence electrons. The molecular weight excluding hydrogens is 489 g/mol. The maximum atomic E-state index is 15.1. The summed E-state index contributed by atoms with van der Waals surface area (Å²) in [5.41, 5.74) is 6.19. The van der Waals surface area contributed by atoms with Crippen molar-refractivity contribution in [2.24, 2.45) is 5.73 Å². The molecule has 13 heteroatoms. The third-order valence-corrected chi connectivity index (χ3v) is 7.21. The van der Waals surface area contributed by atoms with Crippen LogP contribution in [0.5, 0.6) is 0 Å². The molecule has 2 aromatic carbocycles. The Bertz CT molecular complexity index is 1390. The van der Waals surface area contributed by atoms with E-state index in [0.29, 0.717) is 10.6 Å². The molecule has 3 aromatic rings. The molecule has 0 bridgehead atoms. The Kier molecular flexibility index (Phi) is 6.14. The molecule has 4 rings (SSSR count). The van der Waals surface area contributed by atoms with Crippen LogP contribution in [-0.4, -0.2) is 61.2 Å². The maximum Gasteiger partial charge on any atom is 0.316 e. The van der Waals surface area contributed by atoms with Crippen LogP contribution in [-0.2, 0) is 21.2 Å². The molecule has 2 amide bonds. The standard InChI is InChI=1S/C21H19ClFN5O5S/c1-27(2)21(30)19-25-18(26-33-19)13-7-16-17(8-14(13)23)34(31,32)10-15(24)20(29)28(16)9-11-3-5-12(22)6-4-11/h3-8,15H,9-10,24H2,1-2H3/t15-/m0/s1. The third-order valence-electron chi connectivity index (χ3n) is 5.17. The van der Waals surface area contributed by atoms with Gasteiger partial charge in [0, 0.05) is 19.1 Å². The minimum atomic E-state index is -4.11. The van der Waals surface area contributed by atoms with E-state index in [1.807, 2.05) is 0 Å². The molecule has 1 aliphatic heterocycles. The van der Waals surface area contributed by atoms with Crippen LogP contribution in [0, 0.1) is 5.82 Å². The molecule has 2 heterocycles. The van der Waals surface area contributed by atoms with Crippen molar-refractivity contribution in [2.45, 2.75) is 17.5 Å². The lowest BCUT2D eigenvalue weighted by Crippen LogP contribution is -2.45. The lowest BCUT2D eigenvalue weighted by atomic mass is 10.1. The fraction of sp³-hybridized carbons (Fsp3) is 0.238. The first-order chi connectivity index (χ1) is 16.0. The number of hydrogen-bond donors (Lipinski definition) is 1. The molecule has 0 spiro atoms. The van der Waals surface area contributed by atoms with Crippen molar-refractivity contribution >= 4 is 38.9 Å². The van der Waals surface area contributed by atoms with Gasteiger partial charge in [-0.3, -0.25) is 9.59 Å². The smallest absolute Gasteiger partial charge is 0.316 e. The summed E-state index contributed by atoms with van der Waals surface area (Å²) in [6, 6.07) is 7.16. The van der Waals surface area contributed by atoms with Crippen molar-refractivity contribution in [1.29, 1.82) is 0 Å². The molecule has 0 radical (unpaired) electrons. The number of halogens is 2. The van der Waals surface area contributed by atoms with Crippen molar-refractivity contribution in [2.75, 3.05) is 24.7 Å². The minimum Gasteiger partial charge on any atom is -0.341 e. The summed E-state index contributed by atoms with van der Waals surface area (Å²) in [4.78, 5) is 31.1. The van der Waals surface area contributed by atoms with Gasteiger partial charge < -0.3 is 20.1 Å². The number of sulfone groups is 1. The summed E-state index contributed by atoms with van der Waals surface area (Å²) in [5.74, 6) is -3.57. The summed E-state index contributed by atoms with van der Waals surface area (Å²) >= 11 is 5.93. The Morgan fingerprint density at radius 1 is 1.29 bits per heavy atom. The van der Waals surface area contributed by atoms with Crippen molar-refractivity contribution in [3.63, 3.8) is 0 Å². The number of fused-ring (bicyclic) bond motifs is 1. The summed E-state index contributed by atoms with van der Waals surface area (Å²) < 4.78 is 45.8. The van der Waals surface area contributed by atoms with Crippen LogP contribution in [0.2, 0.25) is 5.02 Å². The summed E-state index contributed by atoms with van der Waals surface area (Å²) in [5, 5.41) is 4.13. The summed E-state index contributed by atoms with van der Waals surface area (Å²) in [6.45, 7) is -0.0477. The largest absolute Gasteiger partial charge is 0.341 e. The van der Waals surface area contributed by atoms with E-state index in [-0.39, 0.29) is 29.5 Å². The summed E-state index contributed by atoms with van der Waals surface area (Å²) in [6.07, 6.45) is 0. The Hall–Kier alpha value is -3.35. The van der Waals surface area contributed by atoms with Crippen LogP contribution in [0.15, 0.2) is 45.8 Å². The molecule has 10 nitrogen and oxygen atoms in total. The van der Waals surface area contributed by atoms with Crippen molar-refractivity contribution in [3.8, 4) is 11.4 Å². The number of anilines is 1. The van der Waals surface area contributed by atoms with Crippen LogP contribution in [0.1, 0.15) is 16.2 Å². The van der Waals surface area contributed by atoms with Gasteiger partial charge in [-0.05, 0) is 29.8 Å². The van der Waals surface area contributed by atoms with Gasteiger partial charge in [0.2, 0.25) is 11.7 Å². The van der Waals surface area contributed by atoms with Crippen molar-refractivity contribution < 1.29 is 26.9 Å². The topological polar surface area (TPSA) is 140 Å². The van der Waals surface area contributed by atoms with E-state index >= 15 is 4.39 Å². The number of benzene rings is 2. The normalized spacial score (nSPS) is 17.3. The quantitative estimate of drug-likeness (QED) is 0.564. The highest BCUT2D eigenvalue weighted by Gasteiger charge is 2.37. The first kappa shape index (κ1) is 23.8. The fourth-order valence-corrected chi connectivity index (χ4v) is 5.13. The second-order valence-corrected chi connectivity index (χ2v) is 10.3. The van der Waals surface area contributed by atoms with Gasteiger partial charge in [-0.2, -0.15) is 4.98 Å². The van der Waals surface area contributed by atoms with Crippen LogP contribution < -0.4 is 10.6 Å². The number of nitrogens with zero attached hydrogens (tertiary/aromatic N) is 4. The van der Waals surface area contributed by atoms with Crippen molar-refractivity contribution in [3.05, 3.63) is 58.7 Å². The van der Waals surface area contributed by atoms with Gasteiger partial charge in [-0.1, -0.05) is 28.9 Å². The second-order valence-electron chi connectivity index (χ2n) is 7.86. The Morgan fingerprint density at radius 3 is 2.62 bits per heavy atom.